The number of nitrogens with one attached hydrogen (secondary N) is 1. The first-order valence-electron chi connectivity index (χ1n) is 7.53. The Labute approximate surface area is 153 Å². The molecule has 2 aromatic carbocycles. The predicted molar refractivity (Wildman–Crippen MR) is 104 cm³/mol. The van der Waals surface area contributed by atoms with Crippen LogP contribution in [0.5, 0.6) is 0 Å². The Kier molecular flexibility index (Phi) is 5.72. The lowest BCUT2D eigenvalue weighted by Crippen LogP contribution is -2.26. The molecule has 0 aromatic heterocycles. The fourth-order valence-corrected chi connectivity index (χ4v) is 5.58. The molecule has 1 heterocycles. The summed E-state index contributed by atoms with van der Waals surface area (Å²) in [7, 11) is 0. The van der Waals surface area contributed by atoms with E-state index in [4.69, 9.17) is 0 Å². The van der Waals surface area contributed by atoms with Crippen LogP contribution < -0.4 is 5.32 Å². The van der Waals surface area contributed by atoms with Crippen molar-refractivity contribution < 1.29 is 4.79 Å². The Balaban J connectivity index is 1.64. The normalized spacial score (nSPS) is 16.3. The Hall–Kier alpha value is -0.910. The Morgan fingerprint density at radius 1 is 1.09 bits per heavy atom. The second-order valence-corrected chi connectivity index (χ2v) is 9.08. The largest absolute Gasteiger partial charge is 0.346 e. The van der Waals surface area contributed by atoms with Crippen LogP contribution in [0, 0.1) is 0 Å². The van der Waals surface area contributed by atoms with E-state index in [1.54, 1.807) is 0 Å². The van der Waals surface area contributed by atoms with Crippen molar-refractivity contribution >= 4 is 45.4 Å². The predicted octanol–water partition coefficient (Wildman–Crippen LogP) is 5.42. The molecule has 2 aromatic rings. The van der Waals surface area contributed by atoms with Gasteiger partial charge in [0.1, 0.15) is 0 Å². The first-order chi connectivity index (χ1) is 11.1. The van der Waals surface area contributed by atoms with E-state index >= 15 is 0 Å². The standard InChI is InChI=1S/C18H18BrNOS2/c1-12(13-6-8-16(19)9-7-13)20-17(21)14-2-4-15(5-3-14)18-22-10-11-23-18/h2-9,12,18H,10-11H2,1H3,(H,20,21). The summed E-state index contributed by atoms with van der Waals surface area (Å²) >= 11 is 7.38. The highest BCUT2D eigenvalue weighted by atomic mass is 79.9. The van der Waals surface area contributed by atoms with Gasteiger partial charge in [-0.1, -0.05) is 40.2 Å². The summed E-state index contributed by atoms with van der Waals surface area (Å²) in [4.78, 5) is 12.4. The van der Waals surface area contributed by atoms with Gasteiger partial charge in [0, 0.05) is 21.5 Å². The molecule has 1 aliphatic rings. The summed E-state index contributed by atoms with van der Waals surface area (Å²) in [6.45, 7) is 2.00. The number of amides is 1. The van der Waals surface area contributed by atoms with Gasteiger partial charge in [0.2, 0.25) is 0 Å². The van der Waals surface area contributed by atoms with E-state index in [9.17, 15) is 4.79 Å². The van der Waals surface area contributed by atoms with Gasteiger partial charge in [0.05, 0.1) is 10.6 Å². The summed E-state index contributed by atoms with van der Waals surface area (Å²) in [5.41, 5.74) is 3.11. The Bertz CT molecular complexity index is 666. The molecule has 1 aliphatic heterocycles. The number of thioether (sulfide) groups is 2. The van der Waals surface area contributed by atoms with E-state index in [-0.39, 0.29) is 11.9 Å². The third-order valence-corrected chi connectivity index (χ3v) is 7.42. The molecule has 120 valence electrons. The van der Waals surface area contributed by atoms with Crippen LogP contribution in [0.2, 0.25) is 0 Å². The minimum absolute atomic E-state index is 0.0174. The molecule has 1 unspecified atom stereocenters. The molecule has 0 aliphatic carbocycles. The van der Waals surface area contributed by atoms with Crippen molar-refractivity contribution in [3.8, 4) is 0 Å². The van der Waals surface area contributed by atoms with Crippen LogP contribution in [0.1, 0.15) is 39.0 Å². The summed E-state index contributed by atoms with van der Waals surface area (Å²) in [6.07, 6.45) is 0. The molecule has 1 atom stereocenters. The number of carbonyl (C=O) groups is 1. The van der Waals surface area contributed by atoms with Crippen LogP contribution in [-0.4, -0.2) is 17.4 Å². The van der Waals surface area contributed by atoms with Crippen LogP contribution >= 0.6 is 39.5 Å². The zero-order chi connectivity index (χ0) is 16.2. The molecule has 0 saturated carbocycles. The van der Waals surface area contributed by atoms with Crippen LogP contribution in [0.4, 0.5) is 0 Å². The van der Waals surface area contributed by atoms with Gasteiger partial charge in [-0.05, 0) is 42.3 Å². The quantitative estimate of drug-likeness (QED) is 0.733. The van der Waals surface area contributed by atoms with Crippen molar-refractivity contribution in [2.75, 3.05) is 11.5 Å². The van der Waals surface area contributed by atoms with Gasteiger partial charge in [-0.3, -0.25) is 4.79 Å². The maximum Gasteiger partial charge on any atom is 0.251 e. The molecular weight excluding hydrogens is 390 g/mol. The van der Waals surface area contributed by atoms with E-state index in [1.165, 1.54) is 17.1 Å². The molecule has 3 rings (SSSR count). The van der Waals surface area contributed by atoms with Crippen molar-refractivity contribution in [1.82, 2.24) is 5.32 Å². The second kappa shape index (κ2) is 7.77. The summed E-state index contributed by atoms with van der Waals surface area (Å²) in [6, 6.07) is 16.0. The van der Waals surface area contributed by atoms with E-state index in [0.29, 0.717) is 10.1 Å². The van der Waals surface area contributed by atoms with Crippen molar-refractivity contribution in [3.05, 3.63) is 69.7 Å². The molecule has 23 heavy (non-hydrogen) atoms. The van der Waals surface area contributed by atoms with E-state index in [0.717, 1.165) is 10.0 Å². The lowest BCUT2D eigenvalue weighted by molar-refractivity contribution is 0.0940. The number of hydrogen-bond acceptors (Lipinski definition) is 3. The minimum atomic E-state index is -0.0290. The third kappa shape index (κ3) is 4.34. The van der Waals surface area contributed by atoms with Crippen molar-refractivity contribution in [3.63, 3.8) is 0 Å². The minimum Gasteiger partial charge on any atom is -0.346 e. The van der Waals surface area contributed by atoms with Crippen molar-refractivity contribution in [2.45, 2.75) is 17.5 Å². The van der Waals surface area contributed by atoms with Gasteiger partial charge < -0.3 is 5.32 Å². The molecule has 0 bridgehead atoms. The van der Waals surface area contributed by atoms with Gasteiger partial charge in [-0.25, -0.2) is 0 Å². The van der Waals surface area contributed by atoms with Crippen molar-refractivity contribution in [2.24, 2.45) is 0 Å². The molecule has 0 radical (unpaired) electrons. The monoisotopic (exact) mass is 407 g/mol. The Morgan fingerprint density at radius 3 is 2.30 bits per heavy atom. The highest BCUT2D eigenvalue weighted by molar-refractivity contribution is 9.10. The molecule has 1 saturated heterocycles. The first kappa shape index (κ1) is 16.9. The average molecular weight is 408 g/mol. The van der Waals surface area contributed by atoms with E-state index < -0.39 is 0 Å². The molecule has 1 amide bonds. The second-order valence-electron chi connectivity index (χ2n) is 5.44. The molecule has 1 N–H and O–H groups in total. The smallest absolute Gasteiger partial charge is 0.251 e. The van der Waals surface area contributed by atoms with E-state index in [2.05, 4.69) is 33.4 Å². The Morgan fingerprint density at radius 2 is 1.70 bits per heavy atom. The maximum absolute atomic E-state index is 12.4. The highest BCUT2D eigenvalue weighted by Crippen LogP contribution is 2.45. The van der Waals surface area contributed by atoms with Crippen molar-refractivity contribution in [1.29, 1.82) is 0 Å². The van der Waals surface area contributed by atoms with Gasteiger partial charge in [0.15, 0.2) is 0 Å². The van der Waals surface area contributed by atoms with Gasteiger partial charge in [-0.2, -0.15) is 0 Å². The fourth-order valence-electron chi connectivity index (χ4n) is 2.46. The number of hydrogen-bond donors (Lipinski definition) is 1. The third-order valence-electron chi connectivity index (χ3n) is 3.78. The molecule has 1 fully saturated rings. The maximum atomic E-state index is 12.4. The number of benzene rings is 2. The number of carbonyl (C=O) groups excluding carboxylic acids is 1. The SMILES string of the molecule is CC(NC(=O)c1ccc(C2SCCS2)cc1)c1ccc(Br)cc1. The summed E-state index contributed by atoms with van der Waals surface area (Å²) in [5.74, 6) is 2.39. The first-order valence-corrected chi connectivity index (χ1v) is 10.4. The lowest BCUT2D eigenvalue weighted by atomic mass is 10.1. The average Bonchev–Trinajstić information content (AvgIpc) is 3.10. The van der Waals surface area contributed by atoms with Crippen LogP contribution in [-0.2, 0) is 0 Å². The number of halogens is 1. The van der Waals surface area contributed by atoms with Gasteiger partial charge in [0.25, 0.3) is 5.91 Å². The molecular formula is C18H18BrNOS2. The molecule has 2 nitrogen and oxygen atoms in total. The van der Waals surface area contributed by atoms with Crippen LogP contribution in [0.3, 0.4) is 0 Å². The highest BCUT2D eigenvalue weighted by Gasteiger charge is 2.18. The van der Waals surface area contributed by atoms with Gasteiger partial charge >= 0.3 is 0 Å². The summed E-state index contributed by atoms with van der Waals surface area (Å²) in [5, 5.41) is 3.06. The number of rotatable bonds is 4. The van der Waals surface area contributed by atoms with Crippen LogP contribution in [0.25, 0.3) is 0 Å². The fraction of sp³-hybridized carbons (Fsp3) is 0.278. The zero-order valence-corrected chi connectivity index (χ0v) is 16.0. The summed E-state index contributed by atoms with van der Waals surface area (Å²) < 4.78 is 1.56. The zero-order valence-electron chi connectivity index (χ0n) is 12.8. The van der Waals surface area contributed by atoms with Gasteiger partial charge in [-0.15, -0.1) is 23.5 Å². The molecule has 0 spiro atoms. The lowest BCUT2D eigenvalue weighted by Gasteiger charge is -2.15. The molecule has 5 heteroatoms. The van der Waals surface area contributed by atoms with E-state index in [1.807, 2.05) is 66.8 Å². The van der Waals surface area contributed by atoms with Crippen LogP contribution in [0.15, 0.2) is 53.0 Å². The topological polar surface area (TPSA) is 29.1 Å².